The van der Waals surface area contributed by atoms with Crippen LogP contribution in [0, 0.1) is 5.92 Å². The zero-order chi connectivity index (χ0) is 21.3. The van der Waals surface area contributed by atoms with Gasteiger partial charge in [0.2, 0.25) is 0 Å². The fourth-order valence-corrected chi connectivity index (χ4v) is 3.75. The number of guanidine groups is 1. The molecule has 1 aliphatic heterocycles. The van der Waals surface area contributed by atoms with Crippen LogP contribution in [-0.2, 0) is 11.2 Å². The van der Waals surface area contributed by atoms with E-state index < -0.39 is 0 Å². The summed E-state index contributed by atoms with van der Waals surface area (Å²) in [6, 6.07) is 18.2. The Labute approximate surface area is 179 Å². The maximum atomic E-state index is 12.1. The van der Waals surface area contributed by atoms with Crippen molar-refractivity contribution in [1.29, 1.82) is 0 Å². The van der Waals surface area contributed by atoms with Crippen LogP contribution in [0.4, 0.5) is 0 Å². The fourth-order valence-electron chi connectivity index (χ4n) is 3.75. The lowest BCUT2D eigenvalue weighted by molar-refractivity contribution is 0.0827. The minimum atomic E-state index is 0.0223. The molecule has 0 aliphatic carbocycles. The number of nitrogens with zero attached hydrogens (tertiary/aromatic N) is 2. The normalized spacial score (nSPS) is 18.8. The molecule has 0 saturated carbocycles. The number of hydrogen-bond acceptors (Lipinski definition) is 3. The van der Waals surface area contributed by atoms with Crippen molar-refractivity contribution in [3.63, 3.8) is 0 Å². The van der Waals surface area contributed by atoms with Crippen LogP contribution in [-0.4, -0.2) is 57.6 Å². The number of nitrogens with one attached hydrogen (secondary N) is 2. The third-order valence-corrected chi connectivity index (χ3v) is 5.38. The van der Waals surface area contributed by atoms with Gasteiger partial charge in [-0.3, -0.25) is 9.79 Å². The van der Waals surface area contributed by atoms with Gasteiger partial charge in [0, 0.05) is 52.3 Å². The quantitative estimate of drug-likeness (QED) is 0.546. The monoisotopic (exact) mass is 408 g/mol. The highest BCUT2D eigenvalue weighted by molar-refractivity contribution is 5.94. The molecule has 1 aliphatic rings. The lowest BCUT2D eigenvalue weighted by Crippen LogP contribution is -2.41. The first-order chi connectivity index (χ1) is 14.6. The van der Waals surface area contributed by atoms with Gasteiger partial charge in [0.15, 0.2) is 5.96 Å². The first kappa shape index (κ1) is 21.8. The molecule has 0 aromatic heterocycles. The Balaban J connectivity index is 1.47. The van der Waals surface area contributed by atoms with Gasteiger partial charge in [-0.2, -0.15) is 0 Å². The van der Waals surface area contributed by atoms with E-state index in [1.54, 1.807) is 26.0 Å². The minimum absolute atomic E-state index is 0.0223. The SMILES string of the molecule is CN=C(NCCc1cccc(C(=O)N(C)C)c1)NCC1CCOC1c1ccccc1. The molecule has 0 bridgehead atoms. The number of rotatable bonds is 7. The highest BCUT2D eigenvalue weighted by Gasteiger charge is 2.29. The smallest absolute Gasteiger partial charge is 0.253 e. The first-order valence-corrected chi connectivity index (χ1v) is 10.5. The van der Waals surface area contributed by atoms with Crippen molar-refractivity contribution in [3.05, 3.63) is 71.3 Å². The van der Waals surface area contributed by atoms with E-state index in [1.807, 2.05) is 30.3 Å². The van der Waals surface area contributed by atoms with Crippen molar-refractivity contribution in [2.45, 2.75) is 18.9 Å². The predicted octanol–water partition coefficient (Wildman–Crippen LogP) is 2.87. The molecule has 1 fully saturated rings. The number of aliphatic imine (C=N–C) groups is 1. The first-order valence-electron chi connectivity index (χ1n) is 10.5. The van der Waals surface area contributed by atoms with Gasteiger partial charge in [-0.25, -0.2) is 0 Å². The summed E-state index contributed by atoms with van der Waals surface area (Å²) in [6.07, 6.45) is 1.98. The molecule has 0 spiro atoms. The molecule has 2 aromatic carbocycles. The molecule has 3 rings (SSSR count). The molecular formula is C24H32N4O2. The van der Waals surface area contributed by atoms with Gasteiger partial charge in [0.1, 0.15) is 0 Å². The summed E-state index contributed by atoms with van der Waals surface area (Å²) < 4.78 is 5.97. The van der Waals surface area contributed by atoms with Crippen molar-refractivity contribution >= 4 is 11.9 Å². The molecule has 2 aromatic rings. The molecule has 160 valence electrons. The molecule has 30 heavy (non-hydrogen) atoms. The van der Waals surface area contributed by atoms with Gasteiger partial charge >= 0.3 is 0 Å². The van der Waals surface area contributed by atoms with Gasteiger partial charge < -0.3 is 20.3 Å². The summed E-state index contributed by atoms with van der Waals surface area (Å²) in [6.45, 7) is 2.34. The van der Waals surface area contributed by atoms with Crippen LogP contribution in [0.5, 0.6) is 0 Å². The Morgan fingerprint density at radius 3 is 2.67 bits per heavy atom. The maximum Gasteiger partial charge on any atom is 0.253 e. The highest BCUT2D eigenvalue weighted by atomic mass is 16.5. The Morgan fingerprint density at radius 2 is 1.93 bits per heavy atom. The Morgan fingerprint density at radius 1 is 1.13 bits per heavy atom. The van der Waals surface area contributed by atoms with E-state index in [9.17, 15) is 4.79 Å². The number of carbonyl (C=O) groups is 1. The van der Waals surface area contributed by atoms with Crippen molar-refractivity contribution < 1.29 is 9.53 Å². The molecule has 6 heteroatoms. The van der Waals surface area contributed by atoms with Crippen LogP contribution in [0.15, 0.2) is 59.6 Å². The number of amides is 1. The van der Waals surface area contributed by atoms with E-state index in [0.717, 1.165) is 44.1 Å². The number of carbonyl (C=O) groups excluding carboxylic acids is 1. The fraction of sp³-hybridized carbons (Fsp3) is 0.417. The van der Waals surface area contributed by atoms with Gasteiger partial charge in [-0.1, -0.05) is 42.5 Å². The van der Waals surface area contributed by atoms with Gasteiger partial charge in [0.05, 0.1) is 6.10 Å². The van der Waals surface area contributed by atoms with Crippen molar-refractivity contribution in [2.75, 3.05) is 40.8 Å². The molecule has 1 amide bonds. The van der Waals surface area contributed by atoms with Gasteiger partial charge in [0.25, 0.3) is 5.91 Å². The van der Waals surface area contributed by atoms with E-state index in [2.05, 4.69) is 39.9 Å². The van der Waals surface area contributed by atoms with Crippen LogP contribution in [0.1, 0.15) is 34.0 Å². The predicted molar refractivity (Wildman–Crippen MR) is 121 cm³/mol. The molecule has 6 nitrogen and oxygen atoms in total. The highest BCUT2D eigenvalue weighted by Crippen LogP contribution is 2.33. The summed E-state index contributed by atoms with van der Waals surface area (Å²) in [4.78, 5) is 18.1. The average molecular weight is 409 g/mol. The van der Waals surface area contributed by atoms with Crippen LogP contribution in [0.2, 0.25) is 0 Å². The van der Waals surface area contributed by atoms with Crippen LogP contribution >= 0.6 is 0 Å². The van der Waals surface area contributed by atoms with Crippen molar-refractivity contribution in [2.24, 2.45) is 10.9 Å². The third-order valence-electron chi connectivity index (χ3n) is 5.38. The van der Waals surface area contributed by atoms with Gasteiger partial charge in [-0.15, -0.1) is 0 Å². The zero-order valence-electron chi connectivity index (χ0n) is 18.1. The van der Waals surface area contributed by atoms with Gasteiger partial charge in [-0.05, 0) is 36.1 Å². The molecule has 0 radical (unpaired) electrons. The van der Waals surface area contributed by atoms with E-state index in [1.165, 1.54) is 5.56 Å². The lowest BCUT2D eigenvalue weighted by Gasteiger charge is -2.21. The standard InChI is InChI=1S/C24H32N4O2/c1-25-24(26-14-12-18-8-7-11-20(16-18)23(29)28(2)3)27-17-21-13-15-30-22(21)19-9-5-4-6-10-19/h4-11,16,21-22H,12-15,17H2,1-3H3,(H2,25,26,27). The zero-order valence-corrected chi connectivity index (χ0v) is 18.1. The second-order valence-electron chi connectivity index (χ2n) is 7.78. The topological polar surface area (TPSA) is 66.0 Å². The van der Waals surface area contributed by atoms with Crippen molar-refractivity contribution in [1.82, 2.24) is 15.5 Å². The molecule has 1 saturated heterocycles. The van der Waals surface area contributed by atoms with Crippen LogP contribution < -0.4 is 10.6 Å². The molecule has 2 N–H and O–H groups in total. The summed E-state index contributed by atoms with van der Waals surface area (Å²) in [5.74, 6) is 1.22. The third kappa shape index (κ3) is 5.83. The van der Waals surface area contributed by atoms with Crippen LogP contribution in [0.3, 0.4) is 0 Å². The Kier molecular flexibility index (Phi) is 7.85. The second-order valence-corrected chi connectivity index (χ2v) is 7.78. The number of hydrogen-bond donors (Lipinski definition) is 2. The minimum Gasteiger partial charge on any atom is -0.373 e. The van der Waals surface area contributed by atoms with Crippen LogP contribution in [0.25, 0.3) is 0 Å². The Hall–Kier alpha value is -2.86. The summed E-state index contributed by atoms with van der Waals surface area (Å²) in [7, 11) is 5.32. The molecule has 2 unspecified atom stereocenters. The maximum absolute atomic E-state index is 12.1. The second kappa shape index (κ2) is 10.8. The summed E-state index contributed by atoms with van der Waals surface area (Å²) >= 11 is 0. The van der Waals surface area contributed by atoms with E-state index in [-0.39, 0.29) is 12.0 Å². The molecule has 1 heterocycles. The summed E-state index contributed by atoms with van der Waals surface area (Å²) in [5, 5.41) is 6.81. The number of benzene rings is 2. The van der Waals surface area contributed by atoms with E-state index in [0.29, 0.717) is 11.5 Å². The van der Waals surface area contributed by atoms with Crippen molar-refractivity contribution in [3.8, 4) is 0 Å². The summed E-state index contributed by atoms with van der Waals surface area (Å²) in [5.41, 5.74) is 3.07. The number of ether oxygens (including phenoxy) is 1. The molecular weight excluding hydrogens is 376 g/mol. The average Bonchev–Trinajstić information content (AvgIpc) is 3.25. The Bertz CT molecular complexity index is 851. The largest absolute Gasteiger partial charge is 0.373 e. The molecule has 2 atom stereocenters. The van der Waals surface area contributed by atoms with E-state index >= 15 is 0 Å². The van der Waals surface area contributed by atoms with E-state index in [4.69, 9.17) is 4.74 Å². The lowest BCUT2D eigenvalue weighted by atomic mass is 9.95.